The number of rotatable bonds is 5. The first-order chi connectivity index (χ1) is 13.4. The predicted octanol–water partition coefficient (Wildman–Crippen LogP) is 4.34. The molecule has 0 aliphatic carbocycles. The fourth-order valence-electron chi connectivity index (χ4n) is 3.19. The third kappa shape index (κ3) is 4.20. The molecule has 0 bridgehead atoms. The third-order valence-corrected chi connectivity index (χ3v) is 5.55. The van der Waals surface area contributed by atoms with Crippen molar-refractivity contribution in [3.05, 3.63) is 75.4 Å². The summed E-state index contributed by atoms with van der Waals surface area (Å²) in [5.41, 5.74) is 3.26. The van der Waals surface area contributed by atoms with E-state index in [1.54, 1.807) is 7.11 Å². The lowest BCUT2D eigenvalue weighted by Gasteiger charge is -2.37. The van der Waals surface area contributed by atoms with Crippen LogP contribution in [0.1, 0.15) is 24.1 Å². The smallest absolute Gasteiger partial charge is 0.337 e. The van der Waals surface area contributed by atoms with E-state index in [1.807, 2.05) is 60.4 Å². The lowest BCUT2D eigenvalue weighted by atomic mass is 9.94. The first-order valence-corrected chi connectivity index (χ1v) is 9.90. The number of nitrogens with one attached hydrogen (secondary N) is 1. The summed E-state index contributed by atoms with van der Waals surface area (Å²) >= 11 is 9.08. The molecule has 28 heavy (non-hydrogen) atoms. The highest BCUT2D eigenvalue weighted by Crippen LogP contribution is 2.33. The van der Waals surface area contributed by atoms with Gasteiger partial charge in [-0.25, -0.2) is 4.79 Å². The summed E-state index contributed by atoms with van der Waals surface area (Å²) in [6, 6.07) is 15.2. The molecule has 0 amide bonds. The molecule has 5 nitrogen and oxygen atoms in total. The van der Waals surface area contributed by atoms with Crippen LogP contribution in [-0.4, -0.2) is 30.2 Å². The van der Waals surface area contributed by atoms with E-state index in [1.165, 1.54) is 7.11 Å². The van der Waals surface area contributed by atoms with Crippen molar-refractivity contribution in [1.82, 2.24) is 10.2 Å². The van der Waals surface area contributed by atoms with Crippen LogP contribution < -0.4 is 10.1 Å². The predicted molar refractivity (Wildman–Crippen MR) is 116 cm³/mol. The molecule has 1 N–H and O–H groups in total. The Labute approximate surface area is 178 Å². The van der Waals surface area contributed by atoms with Gasteiger partial charge in [-0.3, -0.25) is 0 Å². The second-order valence-corrected chi connectivity index (χ2v) is 7.66. The van der Waals surface area contributed by atoms with Crippen molar-refractivity contribution < 1.29 is 14.3 Å². The van der Waals surface area contributed by atoms with Crippen LogP contribution in [0.3, 0.4) is 0 Å². The Balaban J connectivity index is 2.02. The van der Waals surface area contributed by atoms with Crippen molar-refractivity contribution >= 4 is 39.2 Å². The molecule has 0 saturated carbocycles. The molecule has 146 valence electrons. The lowest BCUT2D eigenvalue weighted by molar-refractivity contribution is -0.136. The van der Waals surface area contributed by atoms with Crippen LogP contribution in [0.15, 0.2) is 64.3 Å². The van der Waals surface area contributed by atoms with Gasteiger partial charge in [0.05, 0.1) is 25.8 Å². The Morgan fingerprint density at radius 1 is 1.21 bits per heavy atom. The van der Waals surface area contributed by atoms with E-state index in [2.05, 4.69) is 21.2 Å². The molecule has 0 aromatic heterocycles. The topological polar surface area (TPSA) is 50.8 Å². The number of nitrogens with zero attached hydrogens (tertiary/aromatic N) is 1. The zero-order valence-corrected chi connectivity index (χ0v) is 18.3. The summed E-state index contributed by atoms with van der Waals surface area (Å²) in [6.45, 7) is 2.45. The van der Waals surface area contributed by atoms with Crippen molar-refractivity contribution in [1.29, 1.82) is 0 Å². The first kappa shape index (κ1) is 20.4. The van der Waals surface area contributed by atoms with Gasteiger partial charge < -0.3 is 19.7 Å². The largest absolute Gasteiger partial charge is 0.497 e. The second kappa shape index (κ2) is 8.75. The maximum atomic E-state index is 12.6. The number of methoxy groups -OCH3 is 2. The van der Waals surface area contributed by atoms with E-state index in [4.69, 9.17) is 21.7 Å². The highest BCUT2D eigenvalue weighted by atomic mass is 79.9. The summed E-state index contributed by atoms with van der Waals surface area (Å²) in [5.74, 6) is 0.325. The van der Waals surface area contributed by atoms with Gasteiger partial charge in [-0.05, 0) is 54.5 Å². The third-order valence-electron chi connectivity index (χ3n) is 4.68. The number of halogens is 1. The molecule has 0 fully saturated rings. The SMILES string of the molecule is COC(=O)C1=C(C)N(Cc2ccc(Br)cc2)C(=S)NC1c1cccc(OC)c1. The minimum atomic E-state index is -0.406. The van der Waals surface area contributed by atoms with Gasteiger partial charge >= 0.3 is 5.97 Å². The quantitative estimate of drug-likeness (QED) is 0.529. The molecular formula is C21H21BrN2O3S. The molecular weight excluding hydrogens is 440 g/mol. The summed E-state index contributed by atoms with van der Waals surface area (Å²) in [4.78, 5) is 14.6. The van der Waals surface area contributed by atoms with Crippen LogP contribution >= 0.6 is 28.1 Å². The highest BCUT2D eigenvalue weighted by Gasteiger charge is 2.34. The molecule has 1 heterocycles. The molecule has 0 saturated heterocycles. The first-order valence-electron chi connectivity index (χ1n) is 8.70. The van der Waals surface area contributed by atoms with Crippen LogP contribution in [-0.2, 0) is 16.1 Å². The van der Waals surface area contributed by atoms with Gasteiger partial charge in [0.2, 0.25) is 0 Å². The number of esters is 1. The number of thiocarbonyl (C=S) groups is 1. The monoisotopic (exact) mass is 460 g/mol. The molecule has 1 unspecified atom stereocenters. The van der Waals surface area contributed by atoms with Crippen LogP contribution in [0.2, 0.25) is 0 Å². The van der Waals surface area contributed by atoms with Crippen molar-refractivity contribution in [2.24, 2.45) is 0 Å². The van der Waals surface area contributed by atoms with E-state index < -0.39 is 6.04 Å². The number of carbonyl (C=O) groups is 1. The zero-order valence-electron chi connectivity index (χ0n) is 15.9. The van der Waals surface area contributed by atoms with Gasteiger partial charge in [-0.2, -0.15) is 0 Å². The second-order valence-electron chi connectivity index (χ2n) is 6.36. The lowest BCUT2D eigenvalue weighted by Crippen LogP contribution is -2.47. The normalized spacial score (nSPS) is 16.6. The Kier molecular flexibility index (Phi) is 6.36. The zero-order chi connectivity index (χ0) is 20.3. The Morgan fingerprint density at radius 2 is 1.93 bits per heavy atom. The molecule has 1 aliphatic rings. The standard InChI is InChI=1S/C21H21BrN2O3S/c1-13-18(20(25)27-3)19(15-5-4-6-17(11-15)26-2)23-21(28)24(13)12-14-7-9-16(22)10-8-14/h4-11,19H,12H2,1-3H3,(H,23,28). The summed E-state index contributed by atoms with van der Waals surface area (Å²) < 4.78 is 11.4. The Morgan fingerprint density at radius 3 is 2.57 bits per heavy atom. The van der Waals surface area contributed by atoms with Crippen LogP contribution in [0, 0.1) is 0 Å². The summed E-state index contributed by atoms with van der Waals surface area (Å²) in [5, 5.41) is 3.85. The number of hydrogen-bond acceptors (Lipinski definition) is 4. The fraction of sp³-hybridized carbons (Fsp3) is 0.238. The van der Waals surface area contributed by atoms with Gasteiger partial charge in [0.15, 0.2) is 5.11 Å². The molecule has 3 rings (SSSR count). The Hall–Kier alpha value is -2.38. The van der Waals surface area contributed by atoms with E-state index in [-0.39, 0.29) is 5.97 Å². The molecule has 0 radical (unpaired) electrons. The Bertz CT molecular complexity index is 928. The molecule has 0 spiro atoms. The molecule has 1 atom stereocenters. The number of ether oxygens (including phenoxy) is 2. The number of hydrogen-bond donors (Lipinski definition) is 1. The van der Waals surface area contributed by atoms with E-state index in [0.29, 0.717) is 23.0 Å². The van der Waals surface area contributed by atoms with Crippen molar-refractivity contribution in [2.45, 2.75) is 19.5 Å². The minimum Gasteiger partial charge on any atom is -0.497 e. The van der Waals surface area contributed by atoms with Crippen LogP contribution in [0.5, 0.6) is 5.75 Å². The number of benzene rings is 2. The number of carbonyl (C=O) groups excluding carboxylic acids is 1. The average Bonchev–Trinajstić information content (AvgIpc) is 2.71. The van der Waals surface area contributed by atoms with Gasteiger partial charge in [0.1, 0.15) is 5.75 Å². The molecule has 1 aliphatic heterocycles. The van der Waals surface area contributed by atoms with E-state index >= 15 is 0 Å². The maximum Gasteiger partial charge on any atom is 0.337 e. The summed E-state index contributed by atoms with van der Waals surface area (Å²) in [6.07, 6.45) is 0. The van der Waals surface area contributed by atoms with Crippen molar-refractivity contribution in [3.63, 3.8) is 0 Å². The van der Waals surface area contributed by atoms with Crippen LogP contribution in [0.4, 0.5) is 0 Å². The molecule has 7 heteroatoms. The number of allylic oxidation sites excluding steroid dienone is 1. The van der Waals surface area contributed by atoms with E-state index in [9.17, 15) is 4.79 Å². The van der Waals surface area contributed by atoms with Crippen molar-refractivity contribution in [3.8, 4) is 5.75 Å². The molecule has 2 aromatic carbocycles. The summed E-state index contributed by atoms with van der Waals surface area (Å²) in [7, 11) is 3.00. The van der Waals surface area contributed by atoms with Gasteiger partial charge in [0, 0.05) is 16.7 Å². The fourth-order valence-corrected chi connectivity index (χ4v) is 3.77. The minimum absolute atomic E-state index is 0.388. The highest BCUT2D eigenvalue weighted by molar-refractivity contribution is 9.10. The van der Waals surface area contributed by atoms with Crippen molar-refractivity contribution in [2.75, 3.05) is 14.2 Å². The average molecular weight is 461 g/mol. The molecule has 2 aromatic rings. The van der Waals surface area contributed by atoms with Gasteiger partial charge in [-0.1, -0.05) is 40.2 Å². The van der Waals surface area contributed by atoms with Gasteiger partial charge in [0.25, 0.3) is 0 Å². The maximum absolute atomic E-state index is 12.6. The van der Waals surface area contributed by atoms with E-state index in [0.717, 1.165) is 21.3 Å². The van der Waals surface area contributed by atoms with Gasteiger partial charge in [-0.15, -0.1) is 0 Å². The van der Waals surface area contributed by atoms with Crippen LogP contribution in [0.25, 0.3) is 0 Å².